The number of nitrogens with zero attached hydrogens (tertiary/aromatic N) is 5. The Bertz CT molecular complexity index is 1220. The third-order valence-electron chi connectivity index (χ3n) is 4.59. The molecule has 0 fully saturated rings. The van der Waals surface area contributed by atoms with Gasteiger partial charge in [0.25, 0.3) is 11.5 Å². The molecule has 1 aliphatic heterocycles. The van der Waals surface area contributed by atoms with E-state index in [2.05, 4.69) is 16.2 Å². The van der Waals surface area contributed by atoms with Gasteiger partial charge < -0.3 is 4.57 Å². The topological polar surface area (TPSA) is 93.0 Å². The van der Waals surface area contributed by atoms with Gasteiger partial charge in [-0.2, -0.15) is 10.4 Å². The van der Waals surface area contributed by atoms with E-state index in [0.29, 0.717) is 11.3 Å². The van der Waals surface area contributed by atoms with Crippen LogP contribution in [0.2, 0.25) is 0 Å². The summed E-state index contributed by atoms with van der Waals surface area (Å²) in [4.78, 5) is 27.4. The highest BCUT2D eigenvalue weighted by Gasteiger charge is 2.18. The van der Waals surface area contributed by atoms with Crippen molar-refractivity contribution in [2.45, 2.75) is 5.92 Å². The molecule has 0 spiro atoms. The van der Waals surface area contributed by atoms with Crippen LogP contribution in [-0.2, 0) is 11.8 Å². The van der Waals surface area contributed by atoms with E-state index < -0.39 is 0 Å². The van der Waals surface area contributed by atoms with Gasteiger partial charge in [0.15, 0.2) is 0 Å². The first-order valence-electron chi connectivity index (χ1n) is 8.58. The van der Waals surface area contributed by atoms with Crippen molar-refractivity contribution < 1.29 is 4.79 Å². The summed E-state index contributed by atoms with van der Waals surface area (Å²) in [5, 5.41) is 13.7. The lowest BCUT2D eigenvalue weighted by Crippen LogP contribution is -2.18. The SMILES string of the molecule is Cn1cc(-c2cnn(-c3ccccc3C#N)c2)c(C2C=CC(=O)N=C2)cc1=O. The quantitative estimate of drug-likeness (QED) is 0.708. The van der Waals surface area contributed by atoms with Gasteiger partial charge in [-0.25, -0.2) is 9.67 Å². The molecule has 7 nitrogen and oxygen atoms in total. The molecule has 3 aromatic rings. The number of aromatic nitrogens is 3. The van der Waals surface area contributed by atoms with E-state index in [1.165, 1.54) is 16.9 Å². The minimum Gasteiger partial charge on any atom is -0.318 e. The molecule has 7 heteroatoms. The molecule has 0 bridgehead atoms. The lowest BCUT2D eigenvalue weighted by molar-refractivity contribution is -0.113. The molecule has 1 atom stereocenters. The normalized spacial score (nSPS) is 15.6. The Morgan fingerprint density at radius 2 is 2.00 bits per heavy atom. The molecule has 2 aromatic heterocycles. The first-order chi connectivity index (χ1) is 13.6. The van der Waals surface area contributed by atoms with Gasteiger partial charge in [0.05, 0.1) is 17.4 Å². The third kappa shape index (κ3) is 3.08. The lowest BCUT2D eigenvalue weighted by atomic mass is 9.92. The maximum Gasteiger partial charge on any atom is 0.269 e. The molecular formula is C21H15N5O2. The summed E-state index contributed by atoms with van der Waals surface area (Å²) in [7, 11) is 1.68. The molecule has 136 valence electrons. The van der Waals surface area contributed by atoms with Crippen LogP contribution in [-0.4, -0.2) is 26.5 Å². The van der Waals surface area contributed by atoms with E-state index in [-0.39, 0.29) is 17.4 Å². The molecule has 1 aromatic carbocycles. The zero-order chi connectivity index (χ0) is 19.7. The second-order valence-corrected chi connectivity index (χ2v) is 6.40. The number of allylic oxidation sites excluding steroid dienone is 1. The molecule has 1 amide bonds. The van der Waals surface area contributed by atoms with Crippen molar-refractivity contribution in [2.24, 2.45) is 12.0 Å². The molecule has 1 unspecified atom stereocenters. The highest BCUT2D eigenvalue weighted by atomic mass is 16.1. The molecule has 0 radical (unpaired) electrons. The van der Waals surface area contributed by atoms with Gasteiger partial charge in [-0.3, -0.25) is 9.59 Å². The predicted molar refractivity (Wildman–Crippen MR) is 104 cm³/mol. The summed E-state index contributed by atoms with van der Waals surface area (Å²) >= 11 is 0. The third-order valence-corrected chi connectivity index (χ3v) is 4.59. The van der Waals surface area contributed by atoms with Crippen molar-refractivity contribution >= 4 is 12.1 Å². The Kier molecular flexibility index (Phi) is 4.30. The standard InChI is InChI=1S/C21H15N5O2/c1-25-13-18(17(8-21(25)28)15-6-7-20(27)23-10-15)16-11-24-26(12-16)19-5-3-2-4-14(19)9-22/h2-8,10-13,15H,1H3. The molecule has 0 saturated carbocycles. The van der Waals surface area contributed by atoms with Crippen molar-refractivity contribution in [3.05, 3.63) is 82.6 Å². The maximum absolute atomic E-state index is 12.2. The molecular weight excluding hydrogens is 354 g/mol. The van der Waals surface area contributed by atoms with Crippen LogP contribution in [0.3, 0.4) is 0 Å². The van der Waals surface area contributed by atoms with Crippen LogP contribution in [0, 0.1) is 11.3 Å². The number of dihydropyridines is 1. The fourth-order valence-electron chi connectivity index (χ4n) is 3.14. The maximum atomic E-state index is 12.2. The number of rotatable bonds is 3. The molecule has 3 heterocycles. The Hall–Kier alpha value is -4.05. The number of hydrogen-bond donors (Lipinski definition) is 0. The highest BCUT2D eigenvalue weighted by Crippen LogP contribution is 2.30. The number of pyridine rings is 1. The van der Waals surface area contributed by atoms with Crippen molar-refractivity contribution in [2.75, 3.05) is 0 Å². The van der Waals surface area contributed by atoms with Crippen LogP contribution in [0.5, 0.6) is 0 Å². The van der Waals surface area contributed by atoms with Gasteiger partial charge in [-0.05, 0) is 17.7 Å². The van der Waals surface area contributed by atoms with Crippen molar-refractivity contribution in [3.8, 4) is 22.9 Å². The number of amides is 1. The van der Waals surface area contributed by atoms with E-state index in [1.54, 1.807) is 48.4 Å². The van der Waals surface area contributed by atoms with Gasteiger partial charge in [0.2, 0.25) is 0 Å². The van der Waals surface area contributed by atoms with Crippen LogP contribution in [0.25, 0.3) is 16.8 Å². The molecule has 0 aliphatic carbocycles. The molecule has 1 aliphatic rings. The first-order valence-corrected chi connectivity index (χ1v) is 8.58. The number of para-hydroxylation sites is 1. The number of aryl methyl sites for hydroxylation is 1. The van der Waals surface area contributed by atoms with Crippen molar-refractivity contribution in [3.63, 3.8) is 0 Å². The van der Waals surface area contributed by atoms with E-state index in [0.717, 1.165) is 16.7 Å². The molecule has 28 heavy (non-hydrogen) atoms. The Balaban J connectivity index is 1.83. The Morgan fingerprint density at radius 3 is 2.75 bits per heavy atom. The highest BCUT2D eigenvalue weighted by molar-refractivity contribution is 5.99. The Labute approximate surface area is 160 Å². The zero-order valence-corrected chi connectivity index (χ0v) is 15.0. The average Bonchev–Trinajstić information content (AvgIpc) is 3.20. The van der Waals surface area contributed by atoms with E-state index in [4.69, 9.17) is 0 Å². The zero-order valence-electron chi connectivity index (χ0n) is 15.0. The summed E-state index contributed by atoms with van der Waals surface area (Å²) in [5.41, 5.74) is 3.37. The number of carbonyl (C=O) groups is 1. The predicted octanol–water partition coefficient (Wildman–Crippen LogP) is 2.36. The van der Waals surface area contributed by atoms with Gasteiger partial charge in [0.1, 0.15) is 6.07 Å². The van der Waals surface area contributed by atoms with Crippen molar-refractivity contribution in [1.82, 2.24) is 14.3 Å². The first kappa shape index (κ1) is 17.4. The molecule has 4 rings (SSSR count). The van der Waals surface area contributed by atoms with Crippen LogP contribution in [0.15, 0.2) is 70.9 Å². The van der Waals surface area contributed by atoms with Crippen LogP contribution < -0.4 is 5.56 Å². The number of aliphatic imine (C=N–C) groups is 1. The van der Waals surface area contributed by atoms with Gasteiger partial charge in [-0.15, -0.1) is 0 Å². The monoisotopic (exact) mass is 369 g/mol. The summed E-state index contributed by atoms with van der Waals surface area (Å²) in [6, 6.07) is 10.9. The Morgan fingerprint density at radius 1 is 1.18 bits per heavy atom. The second kappa shape index (κ2) is 6.93. The molecule has 0 saturated heterocycles. The average molecular weight is 369 g/mol. The number of nitriles is 1. The van der Waals surface area contributed by atoms with Gasteiger partial charge in [-0.1, -0.05) is 18.2 Å². The summed E-state index contributed by atoms with van der Waals surface area (Å²) in [6.45, 7) is 0. The number of carbonyl (C=O) groups excluding carboxylic acids is 1. The smallest absolute Gasteiger partial charge is 0.269 e. The van der Waals surface area contributed by atoms with Gasteiger partial charge >= 0.3 is 0 Å². The van der Waals surface area contributed by atoms with E-state index in [1.807, 2.05) is 18.3 Å². The molecule has 0 N–H and O–H groups in total. The van der Waals surface area contributed by atoms with E-state index in [9.17, 15) is 14.9 Å². The van der Waals surface area contributed by atoms with Crippen LogP contribution in [0.4, 0.5) is 0 Å². The van der Waals surface area contributed by atoms with Crippen LogP contribution in [0.1, 0.15) is 17.0 Å². The van der Waals surface area contributed by atoms with Crippen molar-refractivity contribution in [1.29, 1.82) is 5.26 Å². The second-order valence-electron chi connectivity index (χ2n) is 6.40. The van der Waals surface area contributed by atoms with Gasteiger partial charge in [0, 0.05) is 54.8 Å². The fourth-order valence-corrected chi connectivity index (χ4v) is 3.14. The number of benzene rings is 1. The lowest BCUT2D eigenvalue weighted by Gasteiger charge is -2.15. The summed E-state index contributed by atoms with van der Waals surface area (Å²) in [5.74, 6) is -0.598. The summed E-state index contributed by atoms with van der Waals surface area (Å²) < 4.78 is 3.13. The summed E-state index contributed by atoms with van der Waals surface area (Å²) in [6.07, 6.45) is 9.91. The minimum atomic E-state index is -0.317. The van der Waals surface area contributed by atoms with Crippen LogP contribution >= 0.6 is 0 Å². The van der Waals surface area contributed by atoms with E-state index >= 15 is 0 Å². The largest absolute Gasteiger partial charge is 0.318 e. The number of hydrogen-bond acceptors (Lipinski definition) is 4. The minimum absolute atomic E-state index is 0.153. The fraction of sp³-hybridized carbons (Fsp3) is 0.0952.